The number of amides is 3. The van der Waals surface area contributed by atoms with Gasteiger partial charge in [-0.2, -0.15) is 0 Å². The van der Waals surface area contributed by atoms with Crippen LogP contribution >= 0.6 is 7.37 Å². The number of nitrogens with zero attached hydrogens (tertiary/aromatic N) is 1. The van der Waals surface area contributed by atoms with Crippen molar-refractivity contribution in [2.24, 2.45) is 5.92 Å². The summed E-state index contributed by atoms with van der Waals surface area (Å²) in [6.45, 7) is 0.356. The minimum absolute atomic E-state index is 0.128. The number of hydrogen-bond acceptors (Lipinski definition) is 5. The minimum Gasteiger partial charge on any atom is -0.446 e. The Bertz CT molecular complexity index is 1220. The summed E-state index contributed by atoms with van der Waals surface area (Å²) in [5.41, 5.74) is 0.128. The maximum absolute atomic E-state index is 14.4. The number of nitrogens with one attached hydrogen (secondary N) is 2. The van der Waals surface area contributed by atoms with E-state index in [4.69, 9.17) is 4.74 Å². The summed E-state index contributed by atoms with van der Waals surface area (Å²) in [4.78, 5) is 53.0. The van der Waals surface area contributed by atoms with Gasteiger partial charge in [0.2, 0.25) is 19.2 Å². The molecular formula is C30H41FN3O6P. The SMILES string of the molecule is O=C(N[C@H]1CCCCC/C=C\[C@@H]2C[C@@]2(P(=O)(O)Cc2ccccc2F)NC(=O)[C@@H]2CCCN2C1=O)OC1CCCC1. The zero-order valence-electron chi connectivity index (χ0n) is 23.4. The van der Waals surface area contributed by atoms with Crippen molar-refractivity contribution in [3.8, 4) is 0 Å². The molecule has 4 aliphatic rings. The maximum Gasteiger partial charge on any atom is 0.408 e. The molecule has 3 amide bonds. The molecule has 2 saturated carbocycles. The largest absolute Gasteiger partial charge is 0.446 e. The average molecular weight is 590 g/mol. The van der Waals surface area contributed by atoms with Gasteiger partial charge in [-0.1, -0.05) is 43.2 Å². The van der Waals surface area contributed by atoms with E-state index in [1.807, 2.05) is 12.2 Å². The van der Waals surface area contributed by atoms with Crippen molar-refractivity contribution in [3.63, 3.8) is 0 Å². The van der Waals surface area contributed by atoms with Gasteiger partial charge in [-0.05, 0) is 75.8 Å². The van der Waals surface area contributed by atoms with Crippen LogP contribution in [0.1, 0.15) is 82.6 Å². The predicted molar refractivity (Wildman–Crippen MR) is 152 cm³/mol. The number of ether oxygens (including phenoxy) is 1. The molecule has 41 heavy (non-hydrogen) atoms. The monoisotopic (exact) mass is 589 g/mol. The standard InChI is InChI=1S/C30H41FN3O6P/c31-24-15-9-6-11-21(24)20-41(38,39)30-19-22(30)12-4-2-1-3-5-16-25(32-29(37)40-23-13-7-8-14-23)28(36)34-18-10-17-26(34)27(35)33-30/h4,6,9,11-12,15,22-23,25-26H,1-3,5,7-8,10,13-14,16-20H2,(H,32,37)(H,33,35)(H,38,39)/b12-4-/t22-,25+,26+,30+/m1/s1. The van der Waals surface area contributed by atoms with Gasteiger partial charge >= 0.3 is 6.09 Å². The highest BCUT2D eigenvalue weighted by atomic mass is 31.2. The molecule has 2 aliphatic heterocycles. The Morgan fingerprint density at radius 2 is 1.85 bits per heavy atom. The highest BCUT2D eigenvalue weighted by molar-refractivity contribution is 7.59. The van der Waals surface area contributed by atoms with Crippen LogP contribution in [0.15, 0.2) is 36.4 Å². The first-order valence-corrected chi connectivity index (χ1v) is 16.9. The Balaban J connectivity index is 1.36. The van der Waals surface area contributed by atoms with Gasteiger partial charge in [0.15, 0.2) is 0 Å². The summed E-state index contributed by atoms with van der Waals surface area (Å²) < 4.78 is 33.8. The summed E-state index contributed by atoms with van der Waals surface area (Å²) in [5, 5.41) is 4.25. The number of benzene rings is 1. The zero-order valence-corrected chi connectivity index (χ0v) is 24.3. The molecule has 1 saturated heterocycles. The lowest BCUT2D eigenvalue weighted by molar-refractivity contribution is -0.140. The van der Waals surface area contributed by atoms with Crippen LogP contribution in [0, 0.1) is 11.7 Å². The molecule has 2 aliphatic carbocycles. The van der Waals surface area contributed by atoms with Gasteiger partial charge in [0.05, 0.1) is 6.16 Å². The third-order valence-corrected chi connectivity index (χ3v) is 11.7. The average Bonchev–Trinajstić information content (AvgIpc) is 3.27. The van der Waals surface area contributed by atoms with Crippen LogP contribution in [0.4, 0.5) is 9.18 Å². The number of alkyl carbamates (subject to hydrolysis) is 1. The first-order valence-electron chi connectivity index (χ1n) is 15.0. The molecule has 224 valence electrons. The van der Waals surface area contributed by atoms with E-state index in [9.17, 15) is 28.2 Å². The van der Waals surface area contributed by atoms with Crippen molar-refractivity contribution in [1.82, 2.24) is 15.5 Å². The van der Waals surface area contributed by atoms with Crippen LogP contribution in [0.3, 0.4) is 0 Å². The van der Waals surface area contributed by atoms with Crippen molar-refractivity contribution in [1.29, 1.82) is 0 Å². The summed E-state index contributed by atoms with van der Waals surface area (Å²) >= 11 is 0. The lowest BCUT2D eigenvalue weighted by Gasteiger charge is -2.31. The molecule has 11 heteroatoms. The van der Waals surface area contributed by atoms with Crippen LogP contribution < -0.4 is 10.6 Å². The van der Waals surface area contributed by atoms with E-state index >= 15 is 0 Å². The molecule has 0 radical (unpaired) electrons. The highest BCUT2D eigenvalue weighted by Crippen LogP contribution is 2.71. The van der Waals surface area contributed by atoms with Crippen molar-refractivity contribution in [2.45, 2.75) is 107 Å². The van der Waals surface area contributed by atoms with Gasteiger partial charge in [-0.3, -0.25) is 14.2 Å². The number of carbonyl (C=O) groups excluding carboxylic acids is 3. The number of hydrogen-bond donors (Lipinski definition) is 3. The lowest BCUT2D eigenvalue weighted by atomic mass is 10.1. The quantitative estimate of drug-likeness (QED) is 0.329. The molecule has 0 spiro atoms. The highest BCUT2D eigenvalue weighted by Gasteiger charge is 2.65. The first kappa shape index (κ1) is 29.8. The van der Waals surface area contributed by atoms with Crippen LogP contribution in [-0.4, -0.2) is 57.7 Å². The van der Waals surface area contributed by atoms with Crippen molar-refractivity contribution in [2.75, 3.05) is 6.54 Å². The summed E-state index contributed by atoms with van der Waals surface area (Å²) in [6.07, 6.45) is 11.3. The van der Waals surface area contributed by atoms with Crippen LogP contribution in [0.5, 0.6) is 0 Å². The molecule has 1 aromatic rings. The fraction of sp³-hybridized carbons (Fsp3) is 0.633. The van der Waals surface area contributed by atoms with Crippen LogP contribution in [0.2, 0.25) is 0 Å². The Labute approximate surface area is 240 Å². The Morgan fingerprint density at radius 3 is 2.63 bits per heavy atom. The first-order chi connectivity index (χ1) is 19.7. The molecule has 9 nitrogen and oxygen atoms in total. The summed E-state index contributed by atoms with van der Waals surface area (Å²) in [7, 11) is -4.12. The molecule has 2 heterocycles. The Hall–Kier alpha value is -2.71. The van der Waals surface area contributed by atoms with Crippen LogP contribution in [-0.2, 0) is 25.1 Å². The van der Waals surface area contributed by atoms with Gasteiger partial charge in [-0.25, -0.2) is 9.18 Å². The number of carbonyl (C=O) groups is 3. The van der Waals surface area contributed by atoms with E-state index in [1.54, 1.807) is 6.07 Å². The van der Waals surface area contributed by atoms with E-state index in [0.29, 0.717) is 25.8 Å². The fourth-order valence-corrected chi connectivity index (χ4v) is 8.95. The minimum atomic E-state index is -4.12. The van der Waals surface area contributed by atoms with Gasteiger partial charge in [-0.15, -0.1) is 0 Å². The van der Waals surface area contributed by atoms with Gasteiger partial charge in [0, 0.05) is 12.5 Å². The number of fused-ring (bicyclic) bond motifs is 2. The maximum atomic E-state index is 14.4. The third kappa shape index (κ3) is 6.69. The molecule has 3 N–H and O–H groups in total. The Kier molecular flexibility index (Phi) is 9.19. The summed E-state index contributed by atoms with van der Waals surface area (Å²) in [6, 6.07) is 4.24. The van der Waals surface area contributed by atoms with Crippen molar-refractivity contribution >= 4 is 25.3 Å². The third-order valence-electron chi connectivity index (χ3n) is 9.03. The van der Waals surface area contributed by atoms with E-state index in [-0.39, 0.29) is 29.9 Å². The predicted octanol–water partition coefficient (Wildman–Crippen LogP) is 4.98. The lowest BCUT2D eigenvalue weighted by Crippen LogP contribution is -2.55. The Morgan fingerprint density at radius 1 is 1.10 bits per heavy atom. The summed E-state index contributed by atoms with van der Waals surface area (Å²) in [5.74, 6) is -1.74. The second-order valence-electron chi connectivity index (χ2n) is 11.9. The molecule has 3 fully saturated rings. The normalized spacial score (nSPS) is 31.6. The zero-order chi connectivity index (χ0) is 29.0. The van der Waals surface area contributed by atoms with E-state index < -0.39 is 48.7 Å². The van der Waals surface area contributed by atoms with Crippen molar-refractivity contribution in [3.05, 3.63) is 47.8 Å². The molecule has 5 atom stereocenters. The fourth-order valence-electron chi connectivity index (χ4n) is 6.57. The number of rotatable bonds is 5. The topological polar surface area (TPSA) is 125 Å². The molecule has 0 bridgehead atoms. The van der Waals surface area contributed by atoms with Crippen LogP contribution in [0.25, 0.3) is 0 Å². The van der Waals surface area contributed by atoms with Crippen molar-refractivity contribution < 1.29 is 33.0 Å². The number of allylic oxidation sites excluding steroid dienone is 1. The smallest absolute Gasteiger partial charge is 0.408 e. The van der Waals surface area contributed by atoms with E-state index in [0.717, 1.165) is 51.4 Å². The molecule has 1 aromatic carbocycles. The van der Waals surface area contributed by atoms with E-state index in [2.05, 4.69) is 10.6 Å². The molecule has 1 unspecified atom stereocenters. The van der Waals surface area contributed by atoms with Gasteiger partial charge in [0.1, 0.15) is 29.3 Å². The molecule has 0 aromatic heterocycles. The second kappa shape index (κ2) is 12.7. The molecule has 5 rings (SSSR count). The second-order valence-corrected chi connectivity index (χ2v) is 14.5. The van der Waals surface area contributed by atoms with E-state index in [1.165, 1.54) is 23.1 Å². The van der Waals surface area contributed by atoms with Gasteiger partial charge in [0.25, 0.3) is 0 Å². The molecular weight excluding hydrogens is 548 g/mol. The van der Waals surface area contributed by atoms with Gasteiger partial charge < -0.3 is 25.2 Å². The number of halogens is 1.